The van der Waals surface area contributed by atoms with Crippen molar-refractivity contribution >= 4 is 11.8 Å². The summed E-state index contributed by atoms with van der Waals surface area (Å²) in [6.45, 7) is 8.74. The average Bonchev–Trinajstić information content (AvgIpc) is 2.32. The van der Waals surface area contributed by atoms with E-state index in [-0.39, 0.29) is 23.3 Å². The Balaban J connectivity index is 2.88. The van der Waals surface area contributed by atoms with Gasteiger partial charge in [0.2, 0.25) is 0 Å². The zero-order chi connectivity index (χ0) is 10.9. The van der Waals surface area contributed by atoms with E-state index in [0.717, 1.165) is 0 Å². The maximum atomic E-state index is 11.5. The minimum Gasteiger partial charge on any atom is -0.336 e. The maximum absolute atomic E-state index is 11.5. The molecular formula is C10H18N2O2. The van der Waals surface area contributed by atoms with Gasteiger partial charge >= 0.3 is 6.03 Å². The molecule has 1 rings (SSSR count). The summed E-state index contributed by atoms with van der Waals surface area (Å²) >= 11 is 0. The molecule has 0 aromatic carbocycles. The molecule has 0 radical (unpaired) electrons. The smallest absolute Gasteiger partial charge is 0.318 e. The number of nitrogens with one attached hydrogen (secondary N) is 1. The Bertz CT molecular complexity index is 255. The van der Waals surface area contributed by atoms with Crippen molar-refractivity contribution < 1.29 is 9.59 Å². The van der Waals surface area contributed by atoms with Gasteiger partial charge in [-0.15, -0.1) is 0 Å². The Morgan fingerprint density at radius 2 is 2.07 bits per heavy atom. The van der Waals surface area contributed by atoms with E-state index in [2.05, 4.69) is 5.32 Å². The Labute approximate surface area is 84.7 Å². The second-order valence-corrected chi connectivity index (χ2v) is 4.80. The molecule has 1 aliphatic rings. The van der Waals surface area contributed by atoms with Crippen LogP contribution in [0.4, 0.5) is 4.79 Å². The lowest BCUT2D eigenvalue weighted by Gasteiger charge is -2.35. The summed E-state index contributed by atoms with van der Waals surface area (Å²) in [6.07, 6.45) is 0. The monoisotopic (exact) mass is 198 g/mol. The first-order chi connectivity index (χ1) is 6.34. The van der Waals surface area contributed by atoms with Gasteiger partial charge in [0, 0.05) is 13.1 Å². The molecule has 1 N–H and O–H groups in total. The van der Waals surface area contributed by atoms with Crippen LogP contribution < -0.4 is 5.32 Å². The Hall–Kier alpha value is -1.06. The van der Waals surface area contributed by atoms with E-state index >= 15 is 0 Å². The molecule has 0 unspecified atom stereocenters. The first-order valence-electron chi connectivity index (χ1n) is 4.89. The molecule has 0 aromatic heterocycles. The third-order valence-electron chi connectivity index (χ3n) is 2.41. The van der Waals surface area contributed by atoms with E-state index in [9.17, 15) is 9.59 Å². The SMILES string of the molecule is CC(=O)[C@@H](N1CCNC1=O)C(C)(C)C. The predicted molar refractivity (Wildman–Crippen MR) is 54.0 cm³/mol. The van der Waals surface area contributed by atoms with Gasteiger partial charge in [0.05, 0.1) is 6.04 Å². The van der Waals surface area contributed by atoms with Crippen molar-refractivity contribution in [2.24, 2.45) is 5.41 Å². The van der Waals surface area contributed by atoms with Crippen molar-refractivity contribution in [1.82, 2.24) is 10.2 Å². The molecule has 1 aliphatic heterocycles. The van der Waals surface area contributed by atoms with Crippen LogP contribution in [0.2, 0.25) is 0 Å². The number of urea groups is 1. The van der Waals surface area contributed by atoms with E-state index in [4.69, 9.17) is 0 Å². The fourth-order valence-corrected chi connectivity index (χ4v) is 2.03. The lowest BCUT2D eigenvalue weighted by Crippen LogP contribution is -2.49. The van der Waals surface area contributed by atoms with Crippen molar-refractivity contribution in [3.63, 3.8) is 0 Å². The summed E-state index contributed by atoms with van der Waals surface area (Å²) < 4.78 is 0. The molecule has 2 amide bonds. The van der Waals surface area contributed by atoms with Crippen LogP contribution in [0.3, 0.4) is 0 Å². The Morgan fingerprint density at radius 1 is 1.50 bits per heavy atom. The van der Waals surface area contributed by atoms with Crippen molar-refractivity contribution in [1.29, 1.82) is 0 Å². The molecule has 4 heteroatoms. The van der Waals surface area contributed by atoms with Gasteiger partial charge in [-0.3, -0.25) is 4.79 Å². The summed E-state index contributed by atoms with van der Waals surface area (Å²) in [5.41, 5.74) is -0.201. The molecule has 0 bridgehead atoms. The molecule has 0 saturated carbocycles. The van der Waals surface area contributed by atoms with Gasteiger partial charge in [-0.2, -0.15) is 0 Å². The van der Waals surface area contributed by atoms with Crippen LogP contribution in [0, 0.1) is 5.41 Å². The highest BCUT2D eigenvalue weighted by atomic mass is 16.2. The second kappa shape index (κ2) is 3.59. The Kier molecular flexibility index (Phi) is 2.83. The van der Waals surface area contributed by atoms with Crippen LogP contribution >= 0.6 is 0 Å². The summed E-state index contributed by atoms with van der Waals surface area (Å²) in [5, 5.41) is 2.71. The third-order valence-corrected chi connectivity index (χ3v) is 2.41. The van der Waals surface area contributed by atoms with Crippen LogP contribution in [-0.2, 0) is 4.79 Å². The highest BCUT2D eigenvalue weighted by Gasteiger charge is 2.38. The zero-order valence-corrected chi connectivity index (χ0v) is 9.26. The number of hydrogen-bond donors (Lipinski definition) is 1. The molecule has 4 nitrogen and oxygen atoms in total. The van der Waals surface area contributed by atoms with E-state index in [1.54, 1.807) is 11.8 Å². The first kappa shape index (κ1) is 11.0. The number of carbonyl (C=O) groups excluding carboxylic acids is 2. The van der Waals surface area contributed by atoms with Crippen molar-refractivity contribution in [2.75, 3.05) is 13.1 Å². The van der Waals surface area contributed by atoms with Crippen molar-refractivity contribution in [2.45, 2.75) is 33.7 Å². The lowest BCUT2D eigenvalue weighted by atomic mass is 9.83. The minimum atomic E-state index is -0.315. The number of carbonyl (C=O) groups is 2. The molecule has 14 heavy (non-hydrogen) atoms. The molecule has 0 spiro atoms. The van der Waals surface area contributed by atoms with Crippen LogP contribution in [0.25, 0.3) is 0 Å². The maximum Gasteiger partial charge on any atom is 0.318 e. The third kappa shape index (κ3) is 2.05. The van der Waals surface area contributed by atoms with Gasteiger partial charge in [-0.1, -0.05) is 20.8 Å². The van der Waals surface area contributed by atoms with E-state index in [1.165, 1.54) is 0 Å². The number of Topliss-reactive ketones (excluding diaryl/α,β-unsaturated/α-hetero) is 1. The summed E-state index contributed by atoms with van der Waals surface area (Å²) in [6, 6.07) is -0.440. The van der Waals surface area contributed by atoms with Crippen LogP contribution in [0.1, 0.15) is 27.7 Å². The number of hydrogen-bond acceptors (Lipinski definition) is 2. The van der Waals surface area contributed by atoms with E-state index in [1.807, 2.05) is 20.8 Å². The molecule has 1 saturated heterocycles. The predicted octanol–water partition coefficient (Wildman–Crippen LogP) is 1.02. The number of ketones is 1. The highest BCUT2D eigenvalue weighted by molar-refractivity contribution is 5.88. The van der Waals surface area contributed by atoms with Crippen molar-refractivity contribution in [3.05, 3.63) is 0 Å². The number of amides is 2. The van der Waals surface area contributed by atoms with Gasteiger partial charge in [-0.05, 0) is 12.3 Å². The van der Waals surface area contributed by atoms with Crippen LogP contribution in [0.15, 0.2) is 0 Å². The lowest BCUT2D eigenvalue weighted by molar-refractivity contribution is -0.124. The fraction of sp³-hybridized carbons (Fsp3) is 0.800. The topological polar surface area (TPSA) is 49.4 Å². The van der Waals surface area contributed by atoms with Gasteiger partial charge in [0.15, 0.2) is 5.78 Å². The quantitative estimate of drug-likeness (QED) is 0.720. The first-order valence-corrected chi connectivity index (χ1v) is 4.89. The number of rotatable bonds is 2. The fourth-order valence-electron chi connectivity index (χ4n) is 2.03. The van der Waals surface area contributed by atoms with Gasteiger partial charge in [0.25, 0.3) is 0 Å². The largest absolute Gasteiger partial charge is 0.336 e. The van der Waals surface area contributed by atoms with E-state index in [0.29, 0.717) is 13.1 Å². The normalized spacial score (nSPS) is 19.4. The molecular weight excluding hydrogens is 180 g/mol. The minimum absolute atomic E-state index is 0.0505. The molecule has 1 heterocycles. The molecule has 80 valence electrons. The molecule has 1 fully saturated rings. The molecule has 1 atom stereocenters. The average molecular weight is 198 g/mol. The highest BCUT2D eigenvalue weighted by Crippen LogP contribution is 2.26. The van der Waals surface area contributed by atoms with Crippen molar-refractivity contribution in [3.8, 4) is 0 Å². The Morgan fingerprint density at radius 3 is 2.36 bits per heavy atom. The summed E-state index contributed by atoms with van der Waals surface area (Å²) in [4.78, 5) is 24.6. The standard InChI is InChI=1S/C10H18N2O2/c1-7(13)8(10(2,3)4)12-6-5-11-9(12)14/h8H,5-6H2,1-4H3,(H,11,14)/t8-/m1/s1. The van der Waals surface area contributed by atoms with Gasteiger partial charge in [0.1, 0.15) is 0 Å². The van der Waals surface area contributed by atoms with Gasteiger partial charge < -0.3 is 10.2 Å². The zero-order valence-electron chi connectivity index (χ0n) is 9.26. The summed E-state index contributed by atoms with van der Waals surface area (Å²) in [5.74, 6) is 0.0505. The van der Waals surface area contributed by atoms with Gasteiger partial charge in [-0.25, -0.2) is 4.79 Å². The van der Waals surface area contributed by atoms with Crippen LogP contribution in [0.5, 0.6) is 0 Å². The van der Waals surface area contributed by atoms with E-state index < -0.39 is 0 Å². The van der Waals surface area contributed by atoms with Crippen LogP contribution in [-0.4, -0.2) is 35.8 Å². The molecule has 0 aromatic rings. The number of nitrogens with zero attached hydrogens (tertiary/aromatic N) is 1. The molecule has 0 aliphatic carbocycles. The second-order valence-electron chi connectivity index (χ2n) is 4.80. The summed E-state index contributed by atoms with van der Waals surface area (Å²) in [7, 11) is 0.